The number of aromatic carboxylic acids is 1. The topological polar surface area (TPSA) is 141 Å². The predicted molar refractivity (Wildman–Crippen MR) is 65.1 cm³/mol. The second-order valence-corrected chi connectivity index (χ2v) is 3.12. The van der Waals surface area contributed by atoms with Crippen molar-refractivity contribution in [2.24, 2.45) is 0 Å². The number of hydrogen-bond acceptors (Lipinski definition) is 7. The van der Waals surface area contributed by atoms with Crippen LogP contribution in [-0.2, 0) is 0 Å². The summed E-state index contributed by atoms with van der Waals surface area (Å²) in [5.74, 6) is -1.13. The Kier molecular flexibility index (Phi) is 22.7. The van der Waals surface area contributed by atoms with Gasteiger partial charge in [0.2, 0.25) is 0 Å². The molecule has 5 N–H and O–H groups in total. The van der Waals surface area contributed by atoms with Crippen molar-refractivity contribution >= 4 is 5.97 Å². The van der Waals surface area contributed by atoms with Gasteiger partial charge in [-0.2, -0.15) is 0 Å². The number of hydrogen-bond donors (Lipinski definition) is 5. The van der Waals surface area contributed by atoms with Crippen molar-refractivity contribution in [2.45, 2.75) is 6.10 Å². The van der Waals surface area contributed by atoms with Crippen molar-refractivity contribution < 1.29 is 65.0 Å². The Morgan fingerprint density at radius 2 is 1.40 bits per heavy atom. The molecule has 0 saturated heterocycles. The Hall–Kier alpha value is -0.510. The van der Waals surface area contributed by atoms with Crippen molar-refractivity contribution in [2.75, 3.05) is 26.4 Å². The Morgan fingerprint density at radius 1 is 1.00 bits per heavy atom. The Labute approximate surface area is 139 Å². The molecule has 110 valence electrons. The summed E-state index contributed by atoms with van der Waals surface area (Å²) < 4.78 is 0. The van der Waals surface area contributed by atoms with Crippen LogP contribution in [0.4, 0.5) is 0 Å². The average Bonchev–Trinajstić information content (AvgIpc) is 2.48. The third-order valence-electron chi connectivity index (χ3n) is 1.53. The van der Waals surface area contributed by atoms with Crippen LogP contribution in [0.1, 0.15) is 10.4 Å². The summed E-state index contributed by atoms with van der Waals surface area (Å²) >= 11 is 0. The molecule has 0 bridgehead atoms. The molecule has 1 rings (SSSR count). The van der Waals surface area contributed by atoms with Crippen molar-refractivity contribution in [1.29, 1.82) is 0 Å². The molecule has 1 aromatic rings. The summed E-state index contributed by atoms with van der Waals surface area (Å²) in [5.41, 5.74) is 0.220. The predicted octanol–water partition coefficient (Wildman–Crippen LogP) is -5.64. The number of carboxylic acids is 1. The van der Waals surface area contributed by atoms with Gasteiger partial charge in [0.25, 0.3) is 0 Å². The first kappa shape index (κ1) is 24.5. The van der Waals surface area contributed by atoms with Crippen LogP contribution in [0.15, 0.2) is 30.3 Å². The third-order valence-corrected chi connectivity index (χ3v) is 1.53. The molecule has 8 heteroatoms. The van der Waals surface area contributed by atoms with E-state index in [1.165, 1.54) is 12.1 Å². The Balaban J connectivity index is -0.000000232. The number of benzene rings is 1. The van der Waals surface area contributed by atoms with E-state index in [0.717, 1.165) is 0 Å². The van der Waals surface area contributed by atoms with E-state index in [9.17, 15) is 9.90 Å². The minimum atomic E-state index is -1.13. The molecule has 20 heavy (non-hydrogen) atoms. The molecule has 0 amide bonds. The molecule has 0 unspecified atom stereocenters. The third kappa shape index (κ3) is 17.5. The first-order valence-electron chi connectivity index (χ1n) is 5.41. The maximum absolute atomic E-state index is 10.1. The fourth-order valence-electron chi connectivity index (χ4n) is 0.632. The first-order valence-corrected chi connectivity index (χ1v) is 5.41. The zero-order chi connectivity index (χ0) is 15.1. The fourth-order valence-corrected chi connectivity index (χ4v) is 0.632. The van der Waals surface area contributed by atoms with Gasteiger partial charge < -0.3 is 35.4 Å². The Morgan fingerprint density at radius 3 is 1.55 bits per heavy atom. The normalized spacial score (nSPS) is 8.50. The molecule has 0 saturated carbocycles. The van der Waals surface area contributed by atoms with Gasteiger partial charge >= 0.3 is 29.6 Å². The fraction of sp³-hybridized carbons (Fsp3) is 0.417. The molecule has 0 aliphatic heterocycles. The van der Waals surface area contributed by atoms with Crippen LogP contribution in [0.2, 0.25) is 0 Å². The molecule has 0 aliphatic carbocycles. The van der Waals surface area contributed by atoms with Gasteiger partial charge in [-0.1, -0.05) is 30.3 Å². The number of carbonyl (C=O) groups is 1. The van der Waals surface area contributed by atoms with Gasteiger partial charge in [-0.25, -0.2) is 0 Å². The number of rotatable bonds is 4. The molecule has 0 aromatic heterocycles. The summed E-state index contributed by atoms with van der Waals surface area (Å²) in [7, 11) is 0. The molecule has 0 atom stereocenters. The smallest absolute Gasteiger partial charge is 0.545 e. The van der Waals surface area contributed by atoms with Crippen molar-refractivity contribution in [3.05, 3.63) is 35.9 Å². The molecule has 0 fully saturated rings. The second-order valence-electron chi connectivity index (χ2n) is 3.12. The van der Waals surface area contributed by atoms with Gasteiger partial charge in [0, 0.05) is 0 Å². The van der Waals surface area contributed by atoms with Gasteiger partial charge in [0.15, 0.2) is 0 Å². The standard InChI is InChI=1S/C7H6O2.C3H8O3.C2H6O2.Na/c8-7(9)6-4-2-1-3-5-6;4-1-3(6)2-5;3-1-2-4;/h1-5H,(H,8,9);3-6H,1-2H2;3-4H,1-2H2;/q;;;+1/p-1. The number of aliphatic hydroxyl groups excluding tert-OH is 5. The summed E-state index contributed by atoms with van der Waals surface area (Å²) in [4.78, 5) is 10.1. The van der Waals surface area contributed by atoms with E-state index in [4.69, 9.17) is 25.5 Å². The largest absolute Gasteiger partial charge is 1.00 e. The summed E-state index contributed by atoms with van der Waals surface area (Å²) in [6, 6.07) is 8.06. The van der Waals surface area contributed by atoms with E-state index in [-0.39, 0.29) is 61.5 Å². The van der Waals surface area contributed by atoms with Crippen LogP contribution in [-0.4, -0.2) is 64.0 Å². The zero-order valence-corrected chi connectivity index (χ0v) is 13.3. The minimum absolute atomic E-state index is 0. The minimum Gasteiger partial charge on any atom is -0.545 e. The molecule has 7 nitrogen and oxygen atoms in total. The molecule has 0 radical (unpaired) electrons. The van der Waals surface area contributed by atoms with E-state index in [1.54, 1.807) is 18.2 Å². The maximum Gasteiger partial charge on any atom is 1.00 e. The monoisotopic (exact) mass is 298 g/mol. The van der Waals surface area contributed by atoms with Crippen LogP contribution in [0.25, 0.3) is 0 Å². The maximum atomic E-state index is 10.1. The zero-order valence-electron chi connectivity index (χ0n) is 11.3. The molecular formula is C12H19NaO7. The van der Waals surface area contributed by atoms with Gasteiger partial charge in [-0.3, -0.25) is 0 Å². The van der Waals surface area contributed by atoms with Crippen LogP contribution >= 0.6 is 0 Å². The summed E-state index contributed by atoms with van der Waals surface area (Å²) in [5, 5.41) is 49.4. The van der Waals surface area contributed by atoms with Gasteiger partial charge in [-0.15, -0.1) is 0 Å². The molecule has 0 heterocycles. The van der Waals surface area contributed by atoms with E-state index >= 15 is 0 Å². The molecule has 0 aliphatic rings. The second kappa shape index (κ2) is 18.5. The van der Waals surface area contributed by atoms with Crippen molar-refractivity contribution in [3.63, 3.8) is 0 Å². The number of carboxylic acid groups (broad SMARTS) is 1. The van der Waals surface area contributed by atoms with Crippen molar-refractivity contribution in [1.82, 2.24) is 0 Å². The van der Waals surface area contributed by atoms with Gasteiger partial charge in [0.05, 0.1) is 32.4 Å². The van der Waals surface area contributed by atoms with Crippen molar-refractivity contribution in [3.8, 4) is 0 Å². The molecule has 1 aromatic carbocycles. The van der Waals surface area contributed by atoms with Crippen LogP contribution < -0.4 is 34.7 Å². The molecular weight excluding hydrogens is 279 g/mol. The van der Waals surface area contributed by atoms with Crippen LogP contribution in [0, 0.1) is 0 Å². The number of carbonyl (C=O) groups excluding carboxylic acids is 1. The SMILES string of the molecule is O=C([O-])c1ccccc1.OCC(O)CO.OCCO.[Na+]. The van der Waals surface area contributed by atoms with E-state index in [0.29, 0.717) is 0 Å². The van der Waals surface area contributed by atoms with E-state index in [1.807, 2.05) is 0 Å². The van der Waals surface area contributed by atoms with E-state index < -0.39 is 12.1 Å². The average molecular weight is 298 g/mol. The summed E-state index contributed by atoms with van der Waals surface area (Å²) in [6.45, 7) is -0.979. The first-order chi connectivity index (χ1) is 9.03. The molecule has 0 spiro atoms. The van der Waals surface area contributed by atoms with Crippen LogP contribution in [0.5, 0.6) is 0 Å². The summed E-state index contributed by atoms with van der Waals surface area (Å²) in [6.07, 6.45) is -0.954. The van der Waals surface area contributed by atoms with Gasteiger partial charge in [-0.05, 0) is 5.56 Å². The number of aliphatic hydroxyl groups is 5. The van der Waals surface area contributed by atoms with Gasteiger partial charge in [0.1, 0.15) is 6.10 Å². The van der Waals surface area contributed by atoms with Crippen LogP contribution in [0.3, 0.4) is 0 Å². The Bertz CT molecular complexity index is 302. The quantitative estimate of drug-likeness (QED) is 0.349. The van der Waals surface area contributed by atoms with E-state index in [2.05, 4.69) is 0 Å².